The first kappa shape index (κ1) is 12.5. The van der Waals surface area contributed by atoms with Gasteiger partial charge in [0.25, 0.3) is 0 Å². The molecule has 6 heteroatoms. The molecule has 96 valence electrons. The van der Waals surface area contributed by atoms with Gasteiger partial charge in [-0.25, -0.2) is 4.79 Å². The highest BCUT2D eigenvalue weighted by atomic mass is 16.8. The van der Waals surface area contributed by atoms with Gasteiger partial charge in [0.2, 0.25) is 5.60 Å². The minimum Gasteiger partial charge on any atom is -0.467 e. The van der Waals surface area contributed by atoms with Crippen molar-refractivity contribution in [3.63, 3.8) is 0 Å². The first-order valence-electron chi connectivity index (χ1n) is 5.34. The second-order valence-electron chi connectivity index (χ2n) is 4.67. The second kappa shape index (κ2) is 3.78. The Morgan fingerprint density at radius 1 is 1.41 bits per heavy atom. The van der Waals surface area contributed by atoms with Gasteiger partial charge in [-0.15, -0.1) is 0 Å². The van der Waals surface area contributed by atoms with Gasteiger partial charge in [-0.1, -0.05) is 6.08 Å². The summed E-state index contributed by atoms with van der Waals surface area (Å²) < 4.78 is 15.7. The van der Waals surface area contributed by atoms with Crippen LogP contribution < -0.4 is 0 Å². The van der Waals surface area contributed by atoms with Crippen LogP contribution in [0, 0.1) is 0 Å². The number of ether oxygens (including phenoxy) is 3. The zero-order chi connectivity index (χ0) is 12.8. The molecule has 0 aromatic heterocycles. The fourth-order valence-corrected chi connectivity index (χ4v) is 2.25. The zero-order valence-electron chi connectivity index (χ0n) is 9.91. The van der Waals surface area contributed by atoms with Crippen LogP contribution in [0.3, 0.4) is 0 Å². The Bertz CT molecular complexity index is 363. The molecule has 17 heavy (non-hydrogen) atoms. The largest absolute Gasteiger partial charge is 0.467 e. The maximum Gasteiger partial charge on any atom is 0.345 e. The van der Waals surface area contributed by atoms with E-state index in [0.717, 1.165) is 0 Å². The maximum atomic E-state index is 11.8. The van der Waals surface area contributed by atoms with Gasteiger partial charge in [0.1, 0.15) is 18.3 Å². The van der Waals surface area contributed by atoms with E-state index in [0.29, 0.717) is 0 Å². The van der Waals surface area contributed by atoms with Gasteiger partial charge in [0.15, 0.2) is 5.79 Å². The lowest BCUT2D eigenvalue weighted by atomic mass is 9.84. The summed E-state index contributed by atoms with van der Waals surface area (Å²) in [7, 11) is 1.23. The normalized spacial score (nSPS) is 43.2. The Morgan fingerprint density at radius 3 is 2.65 bits per heavy atom. The number of aliphatic hydroxyl groups excluding tert-OH is 2. The third-order valence-electron chi connectivity index (χ3n) is 2.95. The molecule has 0 radical (unpaired) electrons. The number of methoxy groups -OCH3 is 1. The van der Waals surface area contributed by atoms with Crippen LogP contribution >= 0.6 is 0 Å². The van der Waals surface area contributed by atoms with Crippen LogP contribution in [0.4, 0.5) is 0 Å². The van der Waals surface area contributed by atoms with Gasteiger partial charge in [-0.2, -0.15) is 0 Å². The molecule has 4 atom stereocenters. The Morgan fingerprint density at radius 2 is 2.06 bits per heavy atom. The molecule has 1 fully saturated rings. The van der Waals surface area contributed by atoms with E-state index >= 15 is 0 Å². The topological polar surface area (TPSA) is 85.2 Å². The molecule has 0 saturated carbocycles. The lowest BCUT2D eigenvalue weighted by Gasteiger charge is -2.34. The van der Waals surface area contributed by atoms with Crippen molar-refractivity contribution in [3.05, 3.63) is 12.2 Å². The number of carbonyl (C=O) groups excluding carboxylic acids is 1. The van der Waals surface area contributed by atoms with Gasteiger partial charge < -0.3 is 24.4 Å². The predicted molar refractivity (Wildman–Crippen MR) is 55.9 cm³/mol. The van der Waals surface area contributed by atoms with Crippen molar-refractivity contribution in [2.75, 3.05) is 7.11 Å². The van der Waals surface area contributed by atoms with Crippen LogP contribution in [0.15, 0.2) is 12.2 Å². The number of aliphatic hydroxyl groups is 2. The fraction of sp³-hybridized carbons (Fsp3) is 0.727. The summed E-state index contributed by atoms with van der Waals surface area (Å²) in [5.41, 5.74) is -1.49. The fourth-order valence-electron chi connectivity index (χ4n) is 2.25. The minimum absolute atomic E-state index is 0.657. The van der Waals surface area contributed by atoms with Crippen molar-refractivity contribution in [1.82, 2.24) is 0 Å². The standard InChI is InChI=1S/C11H16O6/c1-10(2)16-8-7(13)6(12)4-5-11(8,17-10)9(14)15-3/h4-8,12-13H,1-3H3/t6-,7+,8-,11+/m1/s1. The van der Waals surface area contributed by atoms with Gasteiger partial charge in [-0.05, 0) is 19.9 Å². The molecule has 0 aromatic rings. The molecule has 1 aliphatic carbocycles. The highest BCUT2D eigenvalue weighted by Crippen LogP contribution is 2.42. The molecule has 0 spiro atoms. The minimum atomic E-state index is -1.49. The molecule has 2 aliphatic rings. The van der Waals surface area contributed by atoms with E-state index in [1.165, 1.54) is 19.3 Å². The smallest absolute Gasteiger partial charge is 0.345 e. The second-order valence-corrected chi connectivity index (χ2v) is 4.67. The highest BCUT2D eigenvalue weighted by molar-refractivity contribution is 5.84. The van der Waals surface area contributed by atoms with E-state index in [4.69, 9.17) is 9.47 Å². The van der Waals surface area contributed by atoms with Crippen molar-refractivity contribution in [3.8, 4) is 0 Å². The summed E-state index contributed by atoms with van der Waals surface area (Å²) in [5.74, 6) is -1.69. The number of carbonyl (C=O) groups is 1. The Balaban J connectivity index is 2.44. The van der Waals surface area contributed by atoms with Gasteiger partial charge in [0, 0.05) is 0 Å². The summed E-state index contributed by atoms with van der Waals surface area (Å²) in [6.45, 7) is 3.26. The summed E-state index contributed by atoms with van der Waals surface area (Å²) in [6.07, 6.45) is -0.612. The third kappa shape index (κ3) is 1.77. The monoisotopic (exact) mass is 244 g/mol. The Kier molecular flexibility index (Phi) is 2.78. The molecule has 1 aliphatic heterocycles. The maximum absolute atomic E-state index is 11.8. The number of esters is 1. The van der Waals surface area contributed by atoms with E-state index < -0.39 is 35.7 Å². The van der Waals surface area contributed by atoms with Gasteiger partial charge in [0.05, 0.1) is 7.11 Å². The third-order valence-corrected chi connectivity index (χ3v) is 2.95. The van der Waals surface area contributed by atoms with E-state index in [1.807, 2.05) is 0 Å². The number of rotatable bonds is 1. The zero-order valence-corrected chi connectivity index (χ0v) is 9.91. The van der Waals surface area contributed by atoms with E-state index in [2.05, 4.69) is 4.74 Å². The number of fused-ring (bicyclic) bond motifs is 1. The van der Waals surface area contributed by atoms with Crippen LogP contribution in [0.25, 0.3) is 0 Å². The van der Waals surface area contributed by atoms with E-state index in [-0.39, 0.29) is 0 Å². The van der Waals surface area contributed by atoms with Crippen molar-refractivity contribution in [2.45, 2.75) is 43.5 Å². The lowest BCUT2D eigenvalue weighted by molar-refractivity contribution is -0.179. The molecule has 0 aromatic carbocycles. The van der Waals surface area contributed by atoms with Crippen LogP contribution in [0.2, 0.25) is 0 Å². The quantitative estimate of drug-likeness (QED) is 0.470. The Hall–Kier alpha value is -0.950. The summed E-state index contributed by atoms with van der Waals surface area (Å²) in [6, 6.07) is 0. The first-order chi connectivity index (χ1) is 7.82. The molecule has 1 saturated heterocycles. The average Bonchev–Trinajstić information content (AvgIpc) is 2.56. The summed E-state index contributed by atoms with van der Waals surface area (Å²) >= 11 is 0. The molecule has 2 N–H and O–H groups in total. The van der Waals surface area contributed by atoms with Crippen LogP contribution in [-0.2, 0) is 19.0 Å². The average molecular weight is 244 g/mol. The van der Waals surface area contributed by atoms with E-state index in [1.54, 1.807) is 13.8 Å². The first-order valence-corrected chi connectivity index (χ1v) is 5.34. The van der Waals surface area contributed by atoms with Crippen molar-refractivity contribution in [1.29, 1.82) is 0 Å². The SMILES string of the molecule is COC(=O)[C@]12C=C[C@@H](O)[C@H](O)[C@H]1OC(C)(C)O2. The number of hydrogen-bond donors (Lipinski definition) is 2. The van der Waals surface area contributed by atoms with Crippen molar-refractivity contribution >= 4 is 5.97 Å². The predicted octanol–water partition coefficient (Wildman–Crippen LogP) is -0.659. The van der Waals surface area contributed by atoms with E-state index in [9.17, 15) is 15.0 Å². The number of hydrogen-bond acceptors (Lipinski definition) is 6. The molecule has 0 unspecified atom stereocenters. The summed E-state index contributed by atoms with van der Waals surface area (Å²) in [4.78, 5) is 11.8. The molecule has 0 amide bonds. The molecule has 1 heterocycles. The van der Waals surface area contributed by atoms with Crippen molar-refractivity contribution in [2.24, 2.45) is 0 Å². The van der Waals surface area contributed by atoms with Gasteiger partial charge in [-0.3, -0.25) is 0 Å². The van der Waals surface area contributed by atoms with Gasteiger partial charge >= 0.3 is 5.97 Å². The summed E-state index contributed by atoms with van der Waals surface area (Å²) in [5, 5.41) is 19.4. The molecule has 6 nitrogen and oxygen atoms in total. The molecular formula is C11H16O6. The van der Waals surface area contributed by atoms with Crippen LogP contribution in [0.1, 0.15) is 13.8 Å². The highest BCUT2D eigenvalue weighted by Gasteiger charge is 2.62. The Labute approximate surface area is 98.8 Å². The molecular weight excluding hydrogens is 228 g/mol. The van der Waals surface area contributed by atoms with Crippen molar-refractivity contribution < 1.29 is 29.2 Å². The van der Waals surface area contributed by atoms with Crippen LogP contribution in [-0.4, -0.2) is 53.0 Å². The molecule has 0 bridgehead atoms. The van der Waals surface area contributed by atoms with Crippen LogP contribution in [0.5, 0.6) is 0 Å². The lowest BCUT2D eigenvalue weighted by Crippen LogP contribution is -2.57. The molecule has 2 rings (SSSR count).